The largest absolute Gasteiger partial charge is 0.289 e. The predicted molar refractivity (Wildman–Crippen MR) is 72.3 cm³/mol. The van der Waals surface area contributed by atoms with Gasteiger partial charge in [0.2, 0.25) is 0 Å². The first-order valence-electron chi connectivity index (χ1n) is 6.88. The third-order valence-electron chi connectivity index (χ3n) is 3.42. The third kappa shape index (κ3) is 3.17. The molecule has 0 bridgehead atoms. The van der Waals surface area contributed by atoms with Crippen molar-refractivity contribution in [2.75, 3.05) is 0 Å². The highest BCUT2D eigenvalue weighted by Gasteiger charge is 2.29. The van der Waals surface area contributed by atoms with Crippen molar-refractivity contribution in [3.63, 3.8) is 0 Å². The number of pyridine rings is 1. The fourth-order valence-corrected chi connectivity index (χ4v) is 2.24. The number of H-pyrrole nitrogens is 1. The summed E-state index contributed by atoms with van der Waals surface area (Å²) >= 11 is 0. The second kappa shape index (κ2) is 5.48. The fourth-order valence-electron chi connectivity index (χ4n) is 2.24. The molecule has 5 heteroatoms. The van der Waals surface area contributed by atoms with Crippen molar-refractivity contribution >= 4 is 0 Å². The molecule has 5 nitrogen and oxygen atoms in total. The first kappa shape index (κ1) is 12.3. The summed E-state index contributed by atoms with van der Waals surface area (Å²) in [6.07, 6.45) is 7.20. The number of nitrogens with zero attached hydrogens (tertiary/aromatic N) is 4. The van der Waals surface area contributed by atoms with Gasteiger partial charge < -0.3 is 0 Å². The molecule has 0 aromatic carbocycles. The lowest BCUT2D eigenvalue weighted by molar-refractivity contribution is 0.239. The Morgan fingerprint density at radius 2 is 2.26 bits per heavy atom. The minimum atomic E-state index is 0.690. The van der Waals surface area contributed by atoms with E-state index in [1.165, 1.54) is 18.4 Å². The Bertz CT molecular complexity index is 518. The Hall–Kier alpha value is -1.75. The second-order valence-corrected chi connectivity index (χ2v) is 5.05. The average Bonchev–Trinajstić information content (AvgIpc) is 3.20. The maximum absolute atomic E-state index is 4.50. The van der Waals surface area contributed by atoms with Crippen LogP contribution in [-0.4, -0.2) is 31.1 Å². The van der Waals surface area contributed by atoms with Crippen LogP contribution in [0.2, 0.25) is 0 Å². The Balaban J connectivity index is 1.67. The van der Waals surface area contributed by atoms with Crippen molar-refractivity contribution in [1.82, 2.24) is 25.1 Å². The van der Waals surface area contributed by atoms with Gasteiger partial charge in [-0.1, -0.05) is 13.0 Å². The van der Waals surface area contributed by atoms with Crippen molar-refractivity contribution in [2.45, 2.75) is 45.3 Å². The maximum atomic E-state index is 4.50. The van der Waals surface area contributed by atoms with E-state index in [1.807, 2.05) is 18.5 Å². The summed E-state index contributed by atoms with van der Waals surface area (Å²) in [4.78, 5) is 11.1. The molecule has 1 aliphatic rings. The molecule has 0 atom stereocenters. The highest BCUT2D eigenvalue weighted by atomic mass is 15.3. The van der Waals surface area contributed by atoms with Crippen molar-refractivity contribution in [3.8, 4) is 0 Å². The highest BCUT2D eigenvalue weighted by Crippen LogP contribution is 2.29. The molecule has 1 aliphatic carbocycles. The topological polar surface area (TPSA) is 57.7 Å². The zero-order chi connectivity index (χ0) is 13.1. The zero-order valence-electron chi connectivity index (χ0n) is 11.2. The van der Waals surface area contributed by atoms with E-state index >= 15 is 0 Å². The first-order valence-corrected chi connectivity index (χ1v) is 6.88. The number of hydrogen-bond acceptors (Lipinski definition) is 4. The van der Waals surface area contributed by atoms with Gasteiger partial charge in [-0.2, -0.15) is 5.10 Å². The molecule has 2 aromatic rings. The second-order valence-electron chi connectivity index (χ2n) is 5.05. The number of aryl methyl sites for hydroxylation is 1. The van der Waals surface area contributed by atoms with E-state index in [0.717, 1.165) is 31.2 Å². The van der Waals surface area contributed by atoms with Crippen molar-refractivity contribution in [2.24, 2.45) is 0 Å². The van der Waals surface area contributed by atoms with Crippen LogP contribution in [0.15, 0.2) is 24.5 Å². The number of nitrogens with one attached hydrogen (secondary N) is 1. The maximum Gasteiger partial charge on any atom is 0.150 e. The number of hydrogen-bond donors (Lipinski definition) is 1. The summed E-state index contributed by atoms with van der Waals surface area (Å²) in [5, 5.41) is 7.24. The van der Waals surface area contributed by atoms with Crippen molar-refractivity contribution < 1.29 is 0 Å². The van der Waals surface area contributed by atoms with Gasteiger partial charge in [-0.15, -0.1) is 0 Å². The van der Waals surface area contributed by atoms with Crippen LogP contribution in [0.25, 0.3) is 0 Å². The monoisotopic (exact) mass is 257 g/mol. The lowest BCUT2D eigenvalue weighted by Crippen LogP contribution is -2.25. The summed E-state index contributed by atoms with van der Waals surface area (Å²) in [5.41, 5.74) is 1.25. The Morgan fingerprint density at radius 3 is 2.89 bits per heavy atom. The molecule has 1 N–H and O–H groups in total. The van der Waals surface area contributed by atoms with Gasteiger partial charge >= 0.3 is 0 Å². The molecule has 1 fully saturated rings. The summed E-state index contributed by atoms with van der Waals surface area (Å²) < 4.78 is 0. The van der Waals surface area contributed by atoms with E-state index in [9.17, 15) is 0 Å². The quantitative estimate of drug-likeness (QED) is 0.859. The summed E-state index contributed by atoms with van der Waals surface area (Å²) in [6, 6.07) is 4.81. The molecule has 0 saturated heterocycles. The minimum Gasteiger partial charge on any atom is -0.289 e. The normalized spacial score (nSPS) is 15.1. The van der Waals surface area contributed by atoms with Gasteiger partial charge in [-0.25, -0.2) is 4.98 Å². The summed E-state index contributed by atoms with van der Waals surface area (Å²) in [7, 11) is 0. The van der Waals surface area contributed by atoms with E-state index in [2.05, 4.69) is 38.1 Å². The molecule has 2 aromatic heterocycles. The molecule has 0 unspecified atom stereocenters. The van der Waals surface area contributed by atoms with Gasteiger partial charge in [0.1, 0.15) is 11.6 Å². The van der Waals surface area contributed by atoms with E-state index in [1.54, 1.807) is 0 Å². The number of aromatic nitrogens is 4. The van der Waals surface area contributed by atoms with E-state index in [-0.39, 0.29) is 0 Å². The first-order chi connectivity index (χ1) is 9.35. The van der Waals surface area contributed by atoms with E-state index in [4.69, 9.17) is 0 Å². The van der Waals surface area contributed by atoms with Gasteiger partial charge in [-0.3, -0.25) is 15.0 Å². The molecular weight excluding hydrogens is 238 g/mol. The van der Waals surface area contributed by atoms with Crippen LogP contribution in [0.3, 0.4) is 0 Å². The van der Waals surface area contributed by atoms with Crippen LogP contribution >= 0.6 is 0 Å². The lowest BCUT2D eigenvalue weighted by atomic mass is 10.2. The van der Waals surface area contributed by atoms with Gasteiger partial charge in [-0.05, 0) is 24.5 Å². The van der Waals surface area contributed by atoms with E-state index in [0.29, 0.717) is 6.04 Å². The van der Waals surface area contributed by atoms with Crippen LogP contribution in [-0.2, 0) is 19.5 Å². The molecule has 0 amide bonds. The van der Waals surface area contributed by atoms with E-state index < -0.39 is 0 Å². The molecule has 3 rings (SSSR count). The summed E-state index contributed by atoms with van der Waals surface area (Å²) in [5.74, 6) is 1.86. The van der Waals surface area contributed by atoms with Gasteiger partial charge in [0.05, 0.1) is 6.54 Å². The molecule has 100 valence electrons. The minimum absolute atomic E-state index is 0.690. The SMILES string of the molecule is CCc1n[nH]c(CN(Cc2cccnc2)C2CC2)n1. The van der Waals surface area contributed by atoms with Gasteiger partial charge in [0.25, 0.3) is 0 Å². The Labute approximate surface area is 113 Å². The highest BCUT2D eigenvalue weighted by molar-refractivity contribution is 5.09. The summed E-state index contributed by atoms with van der Waals surface area (Å²) in [6.45, 7) is 3.84. The molecule has 0 radical (unpaired) electrons. The van der Waals surface area contributed by atoms with Crippen molar-refractivity contribution in [3.05, 3.63) is 41.7 Å². The number of rotatable bonds is 6. The molecule has 0 spiro atoms. The molecule has 2 heterocycles. The smallest absolute Gasteiger partial charge is 0.150 e. The van der Waals surface area contributed by atoms with Crippen LogP contribution < -0.4 is 0 Å². The van der Waals surface area contributed by atoms with Crippen molar-refractivity contribution in [1.29, 1.82) is 0 Å². The molecule has 1 saturated carbocycles. The molecular formula is C14H19N5. The van der Waals surface area contributed by atoms with Crippen LogP contribution in [0.4, 0.5) is 0 Å². The Kier molecular flexibility index (Phi) is 3.55. The predicted octanol–water partition coefficient (Wildman–Crippen LogP) is 1.93. The van der Waals surface area contributed by atoms with Crippen LogP contribution in [0.1, 0.15) is 37.0 Å². The molecule has 19 heavy (non-hydrogen) atoms. The van der Waals surface area contributed by atoms with Crippen LogP contribution in [0, 0.1) is 0 Å². The average molecular weight is 257 g/mol. The third-order valence-corrected chi connectivity index (χ3v) is 3.42. The number of aromatic amines is 1. The fraction of sp³-hybridized carbons (Fsp3) is 0.500. The lowest BCUT2D eigenvalue weighted by Gasteiger charge is -2.20. The Morgan fingerprint density at radius 1 is 1.37 bits per heavy atom. The van der Waals surface area contributed by atoms with Crippen LogP contribution in [0.5, 0.6) is 0 Å². The standard InChI is InChI=1S/C14H19N5/c1-2-13-16-14(18-17-13)10-19(12-5-6-12)9-11-4-3-7-15-8-11/h3-4,7-8,12H,2,5-6,9-10H2,1H3,(H,16,17,18). The molecule has 0 aliphatic heterocycles. The van der Waals surface area contributed by atoms with Gasteiger partial charge in [0, 0.05) is 31.4 Å². The van der Waals surface area contributed by atoms with Gasteiger partial charge in [0.15, 0.2) is 0 Å². The zero-order valence-corrected chi connectivity index (χ0v) is 11.2.